The van der Waals surface area contributed by atoms with Crippen LogP contribution in [-0.4, -0.2) is 25.3 Å². The van der Waals surface area contributed by atoms with E-state index in [1.54, 1.807) is 0 Å². The minimum atomic E-state index is -0.191. The Balaban J connectivity index is 2.43. The molecule has 0 saturated carbocycles. The predicted octanol–water partition coefficient (Wildman–Crippen LogP) is 0.0891. The van der Waals surface area contributed by atoms with Crippen LogP contribution in [0.4, 0.5) is 0 Å². The number of ether oxygens (including phenoxy) is 1. The van der Waals surface area contributed by atoms with E-state index in [0.29, 0.717) is 12.5 Å². The highest BCUT2D eigenvalue weighted by molar-refractivity contribution is 4.88. The summed E-state index contributed by atoms with van der Waals surface area (Å²) in [6.45, 7) is 4.29. The molecule has 1 atom stereocenters. The third-order valence-electron chi connectivity index (χ3n) is 2.59. The first-order valence-corrected chi connectivity index (χ1v) is 4.23. The van der Waals surface area contributed by atoms with Crippen LogP contribution in [0.3, 0.4) is 0 Å². The van der Waals surface area contributed by atoms with Crippen molar-refractivity contribution in [2.24, 2.45) is 17.4 Å². The molecule has 1 fully saturated rings. The van der Waals surface area contributed by atoms with Gasteiger partial charge in [0.15, 0.2) is 0 Å². The van der Waals surface area contributed by atoms with Crippen molar-refractivity contribution in [2.75, 3.05) is 19.8 Å². The Morgan fingerprint density at radius 3 is 2.45 bits per heavy atom. The Hall–Kier alpha value is -0.120. The van der Waals surface area contributed by atoms with Gasteiger partial charge >= 0.3 is 0 Å². The molecule has 3 heteroatoms. The number of hydrogen-bond donors (Lipinski definition) is 2. The van der Waals surface area contributed by atoms with Crippen molar-refractivity contribution in [2.45, 2.75) is 25.3 Å². The van der Waals surface area contributed by atoms with Crippen molar-refractivity contribution in [3.8, 4) is 0 Å². The molecule has 0 aromatic heterocycles. The fraction of sp³-hybridized carbons (Fsp3) is 1.00. The van der Waals surface area contributed by atoms with Crippen LogP contribution in [0.2, 0.25) is 0 Å². The monoisotopic (exact) mass is 158 g/mol. The van der Waals surface area contributed by atoms with Gasteiger partial charge in [-0.1, -0.05) is 0 Å². The molecule has 0 radical (unpaired) electrons. The minimum absolute atomic E-state index is 0.191. The molecule has 0 aliphatic carbocycles. The molecule has 0 aromatic rings. The number of nitrogens with two attached hydrogens (primary N) is 2. The predicted molar refractivity (Wildman–Crippen MR) is 45.2 cm³/mol. The standard InChI is InChI=1S/C8H18N2O/c1-8(10,6-9)7-2-4-11-5-3-7/h7H,2-6,9-10H2,1H3. The lowest BCUT2D eigenvalue weighted by atomic mass is 9.81. The van der Waals surface area contributed by atoms with Crippen LogP contribution in [-0.2, 0) is 4.74 Å². The van der Waals surface area contributed by atoms with Crippen LogP contribution in [0.5, 0.6) is 0 Å². The molecule has 1 aliphatic heterocycles. The van der Waals surface area contributed by atoms with Crippen LogP contribution in [0, 0.1) is 5.92 Å². The maximum atomic E-state index is 6.01. The van der Waals surface area contributed by atoms with Crippen LogP contribution in [0.1, 0.15) is 19.8 Å². The second-order valence-corrected chi connectivity index (χ2v) is 3.60. The summed E-state index contributed by atoms with van der Waals surface area (Å²) in [5.74, 6) is 0.543. The van der Waals surface area contributed by atoms with E-state index in [-0.39, 0.29) is 5.54 Å². The van der Waals surface area contributed by atoms with Crippen molar-refractivity contribution in [1.29, 1.82) is 0 Å². The van der Waals surface area contributed by atoms with Crippen molar-refractivity contribution in [1.82, 2.24) is 0 Å². The van der Waals surface area contributed by atoms with Gasteiger partial charge in [-0.15, -0.1) is 0 Å². The molecule has 0 bridgehead atoms. The van der Waals surface area contributed by atoms with Gasteiger partial charge in [-0.25, -0.2) is 0 Å². The summed E-state index contributed by atoms with van der Waals surface area (Å²) in [4.78, 5) is 0. The SMILES string of the molecule is CC(N)(CN)C1CCOCC1. The largest absolute Gasteiger partial charge is 0.381 e. The highest BCUT2D eigenvalue weighted by Gasteiger charge is 2.29. The summed E-state index contributed by atoms with van der Waals surface area (Å²) >= 11 is 0. The summed E-state index contributed by atoms with van der Waals surface area (Å²) in [6.07, 6.45) is 2.12. The van der Waals surface area contributed by atoms with Crippen LogP contribution < -0.4 is 11.5 Å². The van der Waals surface area contributed by atoms with E-state index in [4.69, 9.17) is 16.2 Å². The summed E-state index contributed by atoms with van der Waals surface area (Å²) < 4.78 is 5.24. The molecule has 1 rings (SSSR count). The second kappa shape index (κ2) is 3.52. The Kier molecular flexibility index (Phi) is 2.87. The van der Waals surface area contributed by atoms with E-state index < -0.39 is 0 Å². The smallest absolute Gasteiger partial charge is 0.0469 e. The van der Waals surface area contributed by atoms with Gasteiger partial charge in [-0.3, -0.25) is 0 Å². The highest BCUT2D eigenvalue weighted by Crippen LogP contribution is 2.24. The lowest BCUT2D eigenvalue weighted by Crippen LogP contribution is -2.52. The Labute approximate surface area is 68.1 Å². The van der Waals surface area contributed by atoms with Gasteiger partial charge in [-0.2, -0.15) is 0 Å². The van der Waals surface area contributed by atoms with E-state index >= 15 is 0 Å². The molecule has 0 amide bonds. The zero-order chi connectivity index (χ0) is 8.32. The zero-order valence-electron chi connectivity index (χ0n) is 7.18. The average Bonchev–Trinajstić information content (AvgIpc) is 2.06. The van der Waals surface area contributed by atoms with Crippen LogP contribution >= 0.6 is 0 Å². The summed E-state index contributed by atoms with van der Waals surface area (Å²) in [5, 5.41) is 0. The summed E-state index contributed by atoms with van der Waals surface area (Å²) in [6, 6.07) is 0. The van der Waals surface area contributed by atoms with Gasteiger partial charge in [0.25, 0.3) is 0 Å². The van der Waals surface area contributed by atoms with E-state index in [1.165, 1.54) is 0 Å². The molecule has 1 saturated heterocycles. The fourth-order valence-corrected chi connectivity index (χ4v) is 1.52. The molecular formula is C8H18N2O. The molecule has 1 aliphatic rings. The molecule has 11 heavy (non-hydrogen) atoms. The molecule has 4 N–H and O–H groups in total. The van der Waals surface area contributed by atoms with Crippen molar-refractivity contribution in [3.05, 3.63) is 0 Å². The van der Waals surface area contributed by atoms with E-state index in [0.717, 1.165) is 26.1 Å². The maximum Gasteiger partial charge on any atom is 0.0469 e. The average molecular weight is 158 g/mol. The highest BCUT2D eigenvalue weighted by atomic mass is 16.5. The molecular weight excluding hydrogens is 140 g/mol. The van der Waals surface area contributed by atoms with Gasteiger partial charge in [0.05, 0.1) is 0 Å². The molecule has 1 heterocycles. The van der Waals surface area contributed by atoms with Gasteiger partial charge in [0, 0.05) is 25.3 Å². The van der Waals surface area contributed by atoms with Crippen molar-refractivity contribution < 1.29 is 4.74 Å². The Bertz CT molecular complexity index is 119. The molecule has 66 valence electrons. The number of rotatable bonds is 2. The molecule has 0 spiro atoms. The first-order chi connectivity index (χ1) is 5.17. The first-order valence-electron chi connectivity index (χ1n) is 4.23. The van der Waals surface area contributed by atoms with E-state index in [1.807, 2.05) is 6.92 Å². The molecule has 3 nitrogen and oxygen atoms in total. The minimum Gasteiger partial charge on any atom is -0.381 e. The third-order valence-corrected chi connectivity index (χ3v) is 2.59. The maximum absolute atomic E-state index is 6.01. The zero-order valence-corrected chi connectivity index (χ0v) is 7.18. The van der Waals surface area contributed by atoms with E-state index in [2.05, 4.69) is 0 Å². The van der Waals surface area contributed by atoms with Crippen LogP contribution in [0.25, 0.3) is 0 Å². The number of hydrogen-bond acceptors (Lipinski definition) is 3. The topological polar surface area (TPSA) is 61.3 Å². The second-order valence-electron chi connectivity index (χ2n) is 3.60. The lowest BCUT2D eigenvalue weighted by molar-refractivity contribution is 0.0435. The summed E-state index contributed by atoms with van der Waals surface area (Å²) in [5.41, 5.74) is 11.4. The normalized spacial score (nSPS) is 26.5. The van der Waals surface area contributed by atoms with Gasteiger partial charge in [-0.05, 0) is 25.7 Å². The molecule has 1 unspecified atom stereocenters. The van der Waals surface area contributed by atoms with E-state index in [9.17, 15) is 0 Å². The molecule has 0 aromatic carbocycles. The lowest BCUT2D eigenvalue weighted by Gasteiger charge is -2.35. The van der Waals surface area contributed by atoms with Gasteiger partial charge in [0.1, 0.15) is 0 Å². The Morgan fingerprint density at radius 1 is 1.45 bits per heavy atom. The van der Waals surface area contributed by atoms with Crippen LogP contribution in [0.15, 0.2) is 0 Å². The van der Waals surface area contributed by atoms with Crippen molar-refractivity contribution in [3.63, 3.8) is 0 Å². The van der Waals surface area contributed by atoms with Gasteiger partial charge < -0.3 is 16.2 Å². The van der Waals surface area contributed by atoms with Gasteiger partial charge in [0.2, 0.25) is 0 Å². The third kappa shape index (κ3) is 2.15. The first kappa shape index (κ1) is 8.97. The Morgan fingerprint density at radius 2 is 2.00 bits per heavy atom. The summed E-state index contributed by atoms with van der Waals surface area (Å²) in [7, 11) is 0. The van der Waals surface area contributed by atoms with Crippen molar-refractivity contribution >= 4 is 0 Å². The quantitative estimate of drug-likeness (QED) is 0.598. The fourth-order valence-electron chi connectivity index (χ4n) is 1.52.